The molecule has 0 saturated heterocycles. The van der Waals surface area contributed by atoms with Crippen molar-refractivity contribution in [2.24, 2.45) is 0 Å². The van der Waals surface area contributed by atoms with Crippen LogP contribution in [-0.2, 0) is 11.2 Å². The van der Waals surface area contributed by atoms with Crippen molar-refractivity contribution in [1.82, 2.24) is 19.9 Å². The van der Waals surface area contributed by atoms with Gasteiger partial charge in [0.2, 0.25) is 11.8 Å². The zero-order valence-electron chi connectivity index (χ0n) is 22.6. The van der Waals surface area contributed by atoms with E-state index in [9.17, 15) is 9.18 Å². The summed E-state index contributed by atoms with van der Waals surface area (Å²) in [5.74, 6) is 0.611. The smallest absolute Gasteiger partial charge is 0.230 e. The number of rotatable bonds is 9. The number of hydrogen-bond acceptors (Lipinski definition) is 6. The van der Waals surface area contributed by atoms with Crippen LogP contribution in [0.25, 0.3) is 11.3 Å². The van der Waals surface area contributed by atoms with Gasteiger partial charge in [-0.3, -0.25) is 9.78 Å². The third kappa shape index (κ3) is 5.49. The Balaban J connectivity index is 1.29. The van der Waals surface area contributed by atoms with Crippen molar-refractivity contribution < 1.29 is 13.9 Å². The zero-order valence-corrected chi connectivity index (χ0v) is 22.6. The molecule has 0 bridgehead atoms. The van der Waals surface area contributed by atoms with Crippen molar-refractivity contribution in [1.29, 1.82) is 0 Å². The molecule has 3 aromatic heterocycles. The van der Waals surface area contributed by atoms with E-state index >= 15 is 0 Å². The van der Waals surface area contributed by atoms with Crippen LogP contribution in [0, 0.1) is 12.7 Å². The van der Waals surface area contributed by atoms with Crippen LogP contribution in [0.2, 0.25) is 0 Å². The Bertz CT molecular complexity index is 1310. The molecule has 0 radical (unpaired) electrons. The van der Waals surface area contributed by atoms with Gasteiger partial charge in [0.25, 0.3) is 0 Å². The number of fused-ring (bicyclic) bond motifs is 1. The molecule has 1 aliphatic heterocycles. The highest BCUT2D eigenvalue weighted by Gasteiger charge is 2.29. The molecule has 4 heterocycles. The molecule has 1 fully saturated rings. The van der Waals surface area contributed by atoms with Crippen LogP contribution in [-0.4, -0.2) is 52.0 Å². The number of halogens is 1. The van der Waals surface area contributed by atoms with Crippen LogP contribution in [0.15, 0.2) is 36.7 Å². The van der Waals surface area contributed by atoms with Gasteiger partial charge in [-0.2, -0.15) is 0 Å². The molecule has 38 heavy (non-hydrogen) atoms. The molecule has 3 aromatic rings. The number of carbonyl (C=O) groups excluding carboxylic acids is 1. The molecule has 2 aliphatic rings. The number of hydrogen-bond donors (Lipinski definition) is 1. The van der Waals surface area contributed by atoms with Gasteiger partial charge in [-0.1, -0.05) is 13.0 Å². The summed E-state index contributed by atoms with van der Waals surface area (Å²) in [4.78, 5) is 28.8. The predicted octanol–water partition coefficient (Wildman–Crippen LogP) is 5.64. The number of amides is 1. The van der Waals surface area contributed by atoms with E-state index in [-0.39, 0.29) is 11.9 Å². The maximum absolute atomic E-state index is 14.5. The first-order valence-electron chi connectivity index (χ1n) is 13.6. The van der Waals surface area contributed by atoms with E-state index in [1.54, 1.807) is 6.92 Å². The fraction of sp³-hybridized carbons (Fsp3) is 0.467. The largest absolute Gasteiger partial charge is 0.481 e. The Hall–Kier alpha value is -3.55. The minimum atomic E-state index is -0.643. The molecule has 5 rings (SSSR count). The fourth-order valence-corrected chi connectivity index (χ4v) is 5.29. The van der Waals surface area contributed by atoms with Crippen LogP contribution >= 0.6 is 0 Å². The summed E-state index contributed by atoms with van der Waals surface area (Å²) in [7, 11) is 1.48. The minimum absolute atomic E-state index is 0.0655. The molecule has 8 heteroatoms. The highest BCUT2D eigenvalue weighted by Crippen LogP contribution is 2.40. The summed E-state index contributed by atoms with van der Waals surface area (Å²) in [6, 6.07) is 8.09. The Kier molecular flexibility index (Phi) is 7.58. The van der Waals surface area contributed by atoms with Crippen molar-refractivity contribution in [3.63, 3.8) is 0 Å². The number of pyridine rings is 3. The number of methoxy groups -OCH3 is 1. The third-order valence-electron chi connectivity index (χ3n) is 7.66. The summed E-state index contributed by atoms with van der Waals surface area (Å²) >= 11 is 0. The average molecular weight is 518 g/mol. The number of nitrogens with zero attached hydrogens (tertiary/aromatic N) is 4. The van der Waals surface area contributed by atoms with Gasteiger partial charge < -0.3 is 15.0 Å². The topological polar surface area (TPSA) is 80.2 Å². The van der Waals surface area contributed by atoms with E-state index < -0.39 is 11.7 Å². The number of nitrogens with one attached hydrogen (secondary N) is 1. The Morgan fingerprint density at radius 3 is 2.71 bits per heavy atom. The molecule has 1 amide bonds. The van der Waals surface area contributed by atoms with Crippen LogP contribution in [0.1, 0.15) is 73.8 Å². The van der Waals surface area contributed by atoms with Crippen LogP contribution < -0.4 is 10.1 Å². The number of aryl methyl sites for hydroxylation is 2. The van der Waals surface area contributed by atoms with Crippen LogP contribution in [0.5, 0.6) is 5.88 Å². The van der Waals surface area contributed by atoms with Gasteiger partial charge in [0, 0.05) is 48.2 Å². The summed E-state index contributed by atoms with van der Waals surface area (Å²) in [5.41, 5.74) is 5.75. The van der Waals surface area contributed by atoms with E-state index in [0.29, 0.717) is 30.5 Å². The van der Waals surface area contributed by atoms with Gasteiger partial charge in [0.1, 0.15) is 11.6 Å². The van der Waals surface area contributed by atoms with Crippen LogP contribution in [0.4, 0.5) is 10.2 Å². The molecule has 1 N–H and O–H groups in total. The third-order valence-corrected chi connectivity index (χ3v) is 7.66. The Labute approximate surface area is 223 Å². The van der Waals surface area contributed by atoms with Crippen molar-refractivity contribution in [3.8, 4) is 17.1 Å². The molecular formula is C30H36FN5O2. The normalized spacial score (nSPS) is 17.3. The monoisotopic (exact) mass is 517 g/mol. The standard InChI is InChI=1S/C30H36FN5O2/c1-5-12-36(30(37)18(2)24-14-28(38-4)33-16-26(24)31)17-23-10-8-21-13-25(19(3)34-29(21)35-23)27-11-9-22(15-32-27)20-6-7-20/h9,11,13-16,18,20,23H,5-8,10,12,17H2,1-4H3,(H,34,35)/t18-,23-/m1/s1. The molecule has 200 valence electrons. The lowest BCUT2D eigenvalue weighted by atomic mass is 9.96. The minimum Gasteiger partial charge on any atom is -0.481 e. The maximum Gasteiger partial charge on any atom is 0.230 e. The Morgan fingerprint density at radius 2 is 2.03 bits per heavy atom. The highest BCUT2D eigenvalue weighted by atomic mass is 19.1. The summed E-state index contributed by atoms with van der Waals surface area (Å²) in [6.07, 6.45) is 8.22. The lowest BCUT2D eigenvalue weighted by Crippen LogP contribution is -2.44. The number of aromatic nitrogens is 3. The molecule has 7 nitrogen and oxygen atoms in total. The van der Waals surface area contributed by atoms with E-state index in [1.165, 1.54) is 37.1 Å². The first-order chi connectivity index (χ1) is 18.4. The van der Waals surface area contributed by atoms with Crippen molar-refractivity contribution in [2.45, 2.75) is 70.8 Å². The first kappa shape index (κ1) is 26.1. The first-order valence-corrected chi connectivity index (χ1v) is 13.6. The average Bonchev–Trinajstić information content (AvgIpc) is 3.78. The lowest BCUT2D eigenvalue weighted by Gasteiger charge is -2.33. The summed E-state index contributed by atoms with van der Waals surface area (Å²) in [6.45, 7) is 6.94. The molecule has 0 aromatic carbocycles. The fourth-order valence-electron chi connectivity index (χ4n) is 5.29. The van der Waals surface area contributed by atoms with Crippen LogP contribution in [0.3, 0.4) is 0 Å². The molecule has 1 aliphatic carbocycles. The quantitative estimate of drug-likeness (QED) is 0.396. The second kappa shape index (κ2) is 11.1. The lowest BCUT2D eigenvalue weighted by molar-refractivity contribution is -0.132. The second-order valence-electron chi connectivity index (χ2n) is 10.5. The van der Waals surface area contributed by atoms with Gasteiger partial charge in [-0.25, -0.2) is 14.4 Å². The number of carbonyl (C=O) groups is 1. The van der Waals surface area contributed by atoms with Crippen molar-refractivity contribution >= 4 is 11.7 Å². The van der Waals surface area contributed by atoms with Gasteiger partial charge >= 0.3 is 0 Å². The SMILES string of the molecule is CCCN(C[C@H]1CCc2cc(-c3ccc(C4CC4)cn3)c(C)nc2N1)C(=O)[C@H](C)c1cc(OC)ncc1F. The predicted molar refractivity (Wildman–Crippen MR) is 146 cm³/mol. The van der Waals surface area contributed by atoms with Gasteiger partial charge in [-0.15, -0.1) is 0 Å². The van der Waals surface area contributed by atoms with Gasteiger partial charge in [0.05, 0.1) is 24.9 Å². The van der Waals surface area contributed by atoms with E-state index in [4.69, 9.17) is 14.7 Å². The van der Waals surface area contributed by atoms with Gasteiger partial charge in [-0.05, 0) is 75.1 Å². The number of ether oxygens (including phenoxy) is 1. The Morgan fingerprint density at radius 1 is 1.21 bits per heavy atom. The molecule has 1 saturated carbocycles. The van der Waals surface area contributed by atoms with E-state index in [2.05, 4.69) is 28.5 Å². The molecular weight excluding hydrogens is 481 g/mol. The van der Waals surface area contributed by atoms with Crippen molar-refractivity contribution in [3.05, 3.63) is 64.9 Å². The second-order valence-corrected chi connectivity index (χ2v) is 10.5. The highest BCUT2D eigenvalue weighted by molar-refractivity contribution is 5.83. The van der Waals surface area contributed by atoms with E-state index in [1.807, 2.05) is 24.9 Å². The molecule has 0 spiro atoms. The molecule has 2 atom stereocenters. The molecule has 0 unspecified atom stereocenters. The number of anilines is 1. The summed E-state index contributed by atoms with van der Waals surface area (Å²) < 4.78 is 19.7. The maximum atomic E-state index is 14.5. The van der Waals surface area contributed by atoms with E-state index in [0.717, 1.165) is 48.2 Å². The summed E-state index contributed by atoms with van der Waals surface area (Å²) in [5, 5.41) is 3.57. The zero-order chi connectivity index (χ0) is 26.8. The van der Waals surface area contributed by atoms with Gasteiger partial charge in [0.15, 0.2) is 0 Å². The van der Waals surface area contributed by atoms with Crippen molar-refractivity contribution in [2.75, 3.05) is 25.5 Å².